The number of aryl methyl sites for hydroxylation is 2. The number of rotatable bonds is 2. The average molecular weight is 280 g/mol. The Morgan fingerprint density at radius 1 is 1.15 bits per heavy atom. The van der Waals surface area contributed by atoms with E-state index in [0.717, 1.165) is 17.2 Å². The molecule has 0 saturated heterocycles. The summed E-state index contributed by atoms with van der Waals surface area (Å²) in [5, 5.41) is 3.64. The summed E-state index contributed by atoms with van der Waals surface area (Å²) in [6, 6.07) is 6.52. The van der Waals surface area contributed by atoms with Crippen molar-refractivity contribution in [2.24, 2.45) is 0 Å². The van der Waals surface area contributed by atoms with Gasteiger partial charge >= 0.3 is 6.18 Å². The Morgan fingerprint density at radius 3 is 2.35 bits per heavy atom. The molecule has 5 heteroatoms. The summed E-state index contributed by atoms with van der Waals surface area (Å²) in [6.07, 6.45) is -0.547. The highest BCUT2D eigenvalue weighted by molar-refractivity contribution is 5.56. The topological polar surface area (TPSA) is 17.8 Å². The van der Waals surface area contributed by atoms with Gasteiger partial charge in [0, 0.05) is 5.69 Å². The molecule has 0 radical (unpaired) electrons. The van der Waals surface area contributed by atoms with Crippen molar-refractivity contribution in [3.63, 3.8) is 0 Å². The number of hydrogen-bond acceptors (Lipinski definition) is 1. The van der Waals surface area contributed by atoms with Gasteiger partial charge in [0.15, 0.2) is 5.69 Å². The summed E-state index contributed by atoms with van der Waals surface area (Å²) in [5.41, 5.74) is 2.24. The number of hydrogen-bond donors (Lipinski definition) is 0. The quantitative estimate of drug-likeness (QED) is 0.789. The zero-order chi connectivity index (χ0) is 14.9. The van der Waals surface area contributed by atoms with E-state index in [1.165, 1.54) is 4.68 Å². The lowest BCUT2D eigenvalue weighted by atomic mass is 10.1. The summed E-state index contributed by atoms with van der Waals surface area (Å²) in [5.74, 6) is 0. The highest BCUT2D eigenvalue weighted by atomic mass is 19.4. The molecule has 1 heterocycles. The van der Waals surface area contributed by atoms with E-state index in [1.807, 2.05) is 38.1 Å². The molecule has 0 aliphatic carbocycles. The Labute approximate surface area is 115 Å². The second kappa shape index (κ2) is 5.15. The number of halogens is 3. The van der Waals surface area contributed by atoms with E-state index >= 15 is 0 Å². The van der Waals surface area contributed by atoms with E-state index in [4.69, 9.17) is 0 Å². The molecule has 0 bridgehead atoms. The molecular formula is C15H15F3N2. The molecule has 0 fully saturated rings. The standard InChI is InChI=1S/C15H15F3N2/c1-4-5-12-6-7-13(8-10(12)2)20-11(3)9-14(19-20)15(16,17)18/h4-9H,1-3H3. The first-order valence-electron chi connectivity index (χ1n) is 6.20. The molecule has 2 nitrogen and oxygen atoms in total. The highest BCUT2D eigenvalue weighted by Crippen LogP contribution is 2.29. The van der Waals surface area contributed by atoms with Crippen LogP contribution in [0.25, 0.3) is 11.8 Å². The minimum Gasteiger partial charge on any atom is -0.238 e. The predicted octanol–water partition coefficient (Wildman–Crippen LogP) is 4.54. The largest absolute Gasteiger partial charge is 0.435 e. The van der Waals surface area contributed by atoms with Crippen molar-refractivity contribution in [1.29, 1.82) is 0 Å². The third-order valence-electron chi connectivity index (χ3n) is 3.02. The second-order valence-corrected chi connectivity index (χ2v) is 4.62. The van der Waals surface area contributed by atoms with Crippen molar-refractivity contribution in [3.8, 4) is 5.69 Å². The Bertz CT molecular complexity index is 652. The smallest absolute Gasteiger partial charge is 0.238 e. The van der Waals surface area contributed by atoms with Gasteiger partial charge in [-0.2, -0.15) is 18.3 Å². The van der Waals surface area contributed by atoms with Crippen LogP contribution in [0.3, 0.4) is 0 Å². The first-order valence-corrected chi connectivity index (χ1v) is 6.20. The maximum absolute atomic E-state index is 12.7. The minimum absolute atomic E-state index is 0.454. The van der Waals surface area contributed by atoms with Gasteiger partial charge in [0.2, 0.25) is 0 Å². The monoisotopic (exact) mass is 280 g/mol. The van der Waals surface area contributed by atoms with E-state index in [-0.39, 0.29) is 0 Å². The zero-order valence-electron chi connectivity index (χ0n) is 11.5. The van der Waals surface area contributed by atoms with Crippen LogP contribution >= 0.6 is 0 Å². The molecular weight excluding hydrogens is 265 g/mol. The molecule has 0 spiro atoms. The van der Waals surface area contributed by atoms with Crippen molar-refractivity contribution in [2.45, 2.75) is 26.9 Å². The third-order valence-corrected chi connectivity index (χ3v) is 3.02. The molecule has 0 aliphatic rings. The molecule has 106 valence electrons. The molecule has 0 unspecified atom stereocenters. The molecule has 0 amide bonds. The number of aromatic nitrogens is 2. The van der Waals surface area contributed by atoms with Crippen molar-refractivity contribution in [2.75, 3.05) is 0 Å². The molecule has 20 heavy (non-hydrogen) atoms. The normalized spacial score (nSPS) is 12.3. The number of nitrogens with zero attached hydrogens (tertiary/aromatic N) is 2. The van der Waals surface area contributed by atoms with Crippen LogP contribution in [0, 0.1) is 13.8 Å². The van der Waals surface area contributed by atoms with Crippen molar-refractivity contribution in [1.82, 2.24) is 9.78 Å². The van der Waals surface area contributed by atoms with Gasteiger partial charge in [-0.3, -0.25) is 0 Å². The van der Waals surface area contributed by atoms with E-state index in [9.17, 15) is 13.2 Å². The first-order chi connectivity index (χ1) is 9.32. The zero-order valence-corrected chi connectivity index (χ0v) is 11.5. The molecule has 0 aliphatic heterocycles. The maximum atomic E-state index is 12.7. The van der Waals surface area contributed by atoms with Gasteiger partial charge in [-0.25, -0.2) is 4.68 Å². The fraction of sp³-hybridized carbons (Fsp3) is 0.267. The molecule has 1 aromatic heterocycles. The summed E-state index contributed by atoms with van der Waals surface area (Å²) in [7, 11) is 0. The van der Waals surface area contributed by atoms with Gasteiger partial charge in [-0.1, -0.05) is 18.2 Å². The van der Waals surface area contributed by atoms with Crippen LogP contribution in [0.4, 0.5) is 13.2 Å². The molecule has 0 atom stereocenters. The van der Waals surface area contributed by atoms with Crippen LogP contribution in [-0.2, 0) is 6.18 Å². The fourth-order valence-corrected chi connectivity index (χ4v) is 2.03. The number of allylic oxidation sites excluding steroid dienone is 1. The van der Waals surface area contributed by atoms with Crippen molar-refractivity contribution >= 4 is 6.08 Å². The van der Waals surface area contributed by atoms with E-state index in [2.05, 4.69) is 5.10 Å². The first kappa shape index (κ1) is 14.4. The average Bonchev–Trinajstić information content (AvgIpc) is 2.74. The van der Waals surface area contributed by atoms with E-state index < -0.39 is 11.9 Å². The highest BCUT2D eigenvalue weighted by Gasteiger charge is 2.34. The summed E-state index contributed by atoms with van der Waals surface area (Å²) in [6.45, 7) is 5.44. The van der Waals surface area contributed by atoms with Gasteiger partial charge in [-0.15, -0.1) is 0 Å². The van der Waals surface area contributed by atoms with Crippen LogP contribution in [0.2, 0.25) is 0 Å². The van der Waals surface area contributed by atoms with Gasteiger partial charge in [0.25, 0.3) is 0 Å². The maximum Gasteiger partial charge on any atom is 0.435 e. The lowest BCUT2D eigenvalue weighted by Gasteiger charge is -2.08. The van der Waals surface area contributed by atoms with Crippen LogP contribution in [0.1, 0.15) is 29.4 Å². The molecule has 2 rings (SSSR count). The summed E-state index contributed by atoms with van der Waals surface area (Å²) in [4.78, 5) is 0. The number of benzene rings is 1. The van der Waals surface area contributed by atoms with Gasteiger partial charge in [0.05, 0.1) is 5.69 Å². The lowest BCUT2D eigenvalue weighted by Crippen LogP contribution is -2.07. The Balaban J connectivity index is 2.47. The van der Waals surface area contributed by atoms with Gasteiger partial charge in [0.1, 0.15) is 0 Å². The van der Waals surface area contributed by atoms with E-state index in [0.29, 0.717) is 11.4 Å². The second-order valence-electron chi connectivity index (χ2n) is 4.62. The fourth-order valence-electron chi connectivity index (χ4n) is 2.03. The third kappa shape index (κ3) is 2.76. The van der Waals surface area contributed by atoms with Crippen molar-refractivity contribution < 1.29 is 13.2 Å². The molecule has 0 saturated carbocycles. The van der Waals surface area contributed by atoms with Gasteiger partial charge < -0.3 is 0 Å². The van der Waals surface area contributed by atoms with E-state index in [1.54, 1.807) is 13.0 Å². The van der Waals surface area contributed by atoms with Crippen LogP contribution in [0.5, 0.6) is 0 Å². The summed E-state index contributed by atoms with van der Waals surface area (Å²) >= 11 is 0. The Kier molecular flexibility index (Phi) is 3.70. The Hall–Kier alpha value is -2.04. The van der Waals surface area contributed by atoms with Crippen molar-refractivity contribution in [3.05, 3.63) is 52.9 Å². The molecule has 1 aromatic carbocycles. The summed E-state index contributed by atoms with van der Waals surface area (Å²) < 4.78 is 39.3. The Morgan fingerprint density at radius 2 is 1.85 bits per heavy atom. The molecule has 2 aromatic rings. The molecule has 0 N–H and O–H groups in total. The SMILES string of the molecule is CC=Cc1ccc(-n2nc(C(F)(F)F)cc2C)cc1C. The van der Waals surface area contributed by atoms with Crippen LogP contribution in [0.15, 0.2) is 30.3 Å². The minimum atomic E-state index is -4.42. The number of alkyl halides is 3. The lowest BCUT2D eigenvalue weighted by molar-refractivity contribution is -0.141. The van der Waals surface area contributed by atoms with Gasteiger partial charge in [-0.05, 0) is 50.1 Å². The predicted molar refractivity (Wildman–Crippen MR) is 72.7 cm³/mol. The van der Waals surface area contributed by atoms with Crippen LogP contribution in [-0.4, -0.2) is 9.78 Å². The van der Waals surface area contributed by atoms with Crippen LogP contribution < -0.4 is 0 Å².